The SMILES string of the molecule is CCCCCCCCc1cc2cc(c1)NC(=O)Nc1cc(CCCCCCCC)cc(c1)NC(=O)Nc1cc(CCCCCCCC)cc(c1)NC(=O)Nc1cc(CCCCCCCC)cc(c1)NC(=O)N2. The van der Waals surface area contributed by atoms with Gasteiger partial charge in [0.25, 0.3) is 0 Å². The average Bonchev–Trinajstić information content (AvgIpc) is 3.32. The number of unbranched alkanes of at least 4 members (excludes halogenated alkanes) is 20. The van der Waals surface area contributed by atoms with Crippen molar-refractivity contribution in [1.29, 1.82) is 0 Å². The number of hydrogen-bond acceptors (Lipinski definition) is 4. The first-order chi connectivity index (χ1) is 35.1. The van der Waals surface area contributed by atoms with Gasteiger partial charge in [0, 0.05) is 45.5 Å². The third-order valence-electron chi connectivity index (χ3n) is 13.3. The minimum atomic E-state index is -0.442. The van der Waals surface area contributed by atoms with Crippen LogP contribution in [-0.2, 0) is 25.7 Å². The van der Waals surface area contributed by atoms with Gasteiger partial charge in [-0.25, -0.2) is 19.2 Å². The van der Waals surface area contributed by atoms with E-state index in [1.165, 1.54) is 103 Å². The summed E-state index contributed by atoms with van der Waals surface area (Å²) in [5.41, 5.74) is 8.31. The summed E-state index contributed by atoms with van der Waals surface area (Å²) in [5, 5.41) is 24.3. The van der Waals surface area contributed by atoms with Crippen molar-refractivity contribution in [2.24, 2.45) is 0 Å². The van der Waals surface area contributed by atoms with Crippen molar-refractivity contribution in [2.75, 3.05) is 42.5 Å². The lowest BCUT2D eigenvalue weighted by molar-refractivity contribution is 0.261. The quantitative estimate of drug-likeness (QED) is 0.0266. The van der Waals surface area contributed by atoms with E-state index in [0.717, 1.165) is 99.3 Å². The molecule has 1 heterocycles. The molecule has 1 aliphatic heterocycles. The van der Waals surface area contributed by atoms with Gasteiger partial charge >= 0.3 is 24.1 Å². The zero-order chi connectivity index (χ0) is 51.2. The molecule has 0 aliphatic carbocycles. The Morgan fingerprint density at radius 2 is 0.375 bits per heavy atom. The maximum absolute atomic E-state index is 13.9. The highest BCUT2D eigenvalue weighted by molar-refractivity contribution is 6.05. The third-order valence-corrected chi connectivity index (χ3v) is 13.3. The van der Waals surface area contributed by atoms with Gasteiger partial charge in [-0.2, -0.15) is 0 Å². The minimum absolute atomic E-state index is 0.442. The van der Waals surface area contributed by atoms with Crippen molar-refractivity contribution in [2.45, 2.75) is 207 Å². The van der Waals surface area contributed by atoms with Crippen molar-refractivity contribution in [3.63, 3.8) is 0 Å². The Hall–Kier alpha value is -6.04. The van der Waals surface area contributed by atoms with E-state index in [0.29, 0.717) is 45.5 Å². The van der Waals surface area contributed by atoms with Crippen molar-refractivity contribution >= 4 is 69.6 Å². The first-order valence-corrected chi connectivity index (χ1v) is 28.0. The first-order valence-electron chi connectivity index (χ1n) is 28.0. The number of carbonyl (C=O) groups is 4. The van der Waals surface area contributed by atoms with Gasteiger partial charge in [0.05, 0.1) is 0 Å². The van der Waals surface area contributed by atoms with Crippen LogP contribution in [0.25, 0.3) is 0 Å². The van der Waals surface area contributed by atoms with Crippen LogP contribution in [-0.4, -0.2) is 24.1 Å². The normalized spacial score (nSPS) is 13.1. The Balaban J connectivity index is 1.48. The summed E-state index contributed by atoms with van der Waals surface area (Å²) in [6.07, 6.45) is 30.7. The molecule has 392 valence electrons. The van der Waals surface area contributed by atoms with E-state index in [4.69, 9.17) is 0 Å². The molecule has 12 nitrogen and oxygen atoms in total. The van der Waals surface area contributed by atoms with E-state index >= 15 is 0 Å². The van der Waals surface area contributed by atoms with Crippen molar-refractivity contribution in [3.05, 3.63) is 95.1 Å². The second-order valence-corrected chi connectivity index (χ2v) is 20.1. The van der Waals surface area contributed by atoms with Gasteiger partial charge in [-0.3, -0.25) is 0 Å². The van der Waals surface area contributed by atoms with E-state index in [1.54, 1.807) is 24.3 Å². The van der Waals surface area contributed by atoms with Gasteiger partial charge < -0.3 is 42.5 Å². The number of fused-ring (bicyclic) bond motifs is 8. The van der Waals surface area contributed by atoms with Crippen LogP contribution in [0.1, 0.15) is 204 Å². The molecule has 0 fully saturated rings. The molecule has 0 saturated heterocycles. The molecule has 8 amide bonds. The Bertz CT molecular complexity index is 1870. The lowest BCUT2D eigenvalue weighted by Crippen LogP contribution is -2.23. The van der Waals surface area contributed by atoms with E-state index < -0.39 is 24.1 Å². The van der Waals surface area contributed by atoms with Crippen LogP contribution in [0, 0.1) is 0 Å². The fourth-order valence-electron chi connectivity index (χ4n) is 9.53. The summed E-state index contributed by atoms with van der Waals surface area (Å²) in [7, 11) is 0. The predicted octanol–water partition coefficient (Wildman–Crippen LogP) is 18.2. The minimum Gasteiger partial charge on any atom is -0.308 e. The molecule has 0 atom stereocenters. The van der Waals surface area contributed by atoms with Gasteiger partial charge in [0.15, 0.2) is 0 Å². The maximum Gasteiger partial charge on any atom is 0.323 e. The van der Waals surface area contributed by atoms with Crippen LogP contribution >= 0.6 is 0 Å². The Labute approximate surface area is 432 Å². The van der Waals surface area contributed by atoms with E-state index in [2.05, 4.69) is 70.2 Å². The Morgan fingerprint density at radius 3 is 0.542 bits per heavy atom. The maximum atomic E-state index is 13.9. The zero-order valence-electron chi connectivity index (χ0n) is 44.4. The monoisotopic (exact) mass is 985 g/mol. The highest BCUT2D eigenvalue weighted by Crippen LogP contribution is 2.28. The summed E-state index contributed by atoms with van der Waals surface area (Å²) in [6.45, 7) is 8.87. The third kappa shape index (κ3) is 22.6. The summed E-state index contributed by atoms with van der Waals surface area (Å²) in [4.78, 5) is 55.5. The van der Waals surface area contributed by atoms with Gasteiger partial charge in [-0.15, -0.1) is 0 Å². The zero-order valence-corrected chi connectivity index (χ0v) is 44.4. The number of rotatable bonds is 28. The highest BCUT2D eigenvalue weighted by Gasteiger charge is 2.15. The number of nitrogens with one attached hydrogen (secondary N) is 8. The van der Waals surface area contributed by atoms with Crippen LogP contribution in [0.5, 0.6) is 0 Å². The van der Waals surface area contributed by atoms with Gasteiger partial charge in [0.1, 0.15) is 0 Å². The van der Waals surface area contributed by atoms with Crippen molar-refractivity contribution in [3.8, 4) is 0 Å². The molecule has 5 rings (SSSR count). The van der Waals surface area contributed by atoms with E-state index in [-0.39, 0.29) is 0 Å². The largest absolute Gasteiger partial charge is 0.323 e. The predicted molar refractivity (Wildman–Crippen MR) is 305 cm³/mol. The fourth-order valence-corrected chi connectivity index (χ4v) is 9.53. The van der Waals surface area contributed by atoms with E-state index in [9.17, 15) is 19.2 Å². The molecular weight excluding hydrogens is 897 g/mol. The molecule has 0 spiro atoms. The summed E-state index contributed by atoms with van der Waals surface area (Å²) in [6, 6.07) is 21.0. The number of urea groups is 4. The molecule has 0 radical (unpaired) electrons. The first kappa shape index (κ1) is 56.9. The summed E-state index contributed by atoms with van der Waals surface area (Å²) in [5.74, 6) is 0. The molecule has 4 aromatic rings. The standard InChI is InChI=1S/C60H88N8O4/c1-5-9-13-17-21-25-29-45-33-49-41-50(34-45)62-58(70)64-52-36-47(31-27-23-19-15-11-7-3)38-54(43-52)66-60(72)68-56-40-48(32-28-24-20-16-12-8-4)39-55(44-56)67-59(71)65-53-37-46(30-26-22-18-14-10-6-2)35-51(42-53)63-57(69)61-49/h33-44H,5-32H2,1-4H3,(H2,61,63,69)(H2,62,64,70)(H2,65,67,71)(H2,66,68,72). The lowest BCUT2D eigenvalue weighted by atomic mass is 10.0. The van der Waals surface area contributed by atoms with Crippen LogP contribution in [0.2, 0.25) is 0 Å². The number of benzene rings is 4. The van der Waals surface area contributed by atoms with Crippen LogP contribution in [0.4, 0.5) is 64.7 Å². The molecule has 8 N–H and O–H groups in total. The molecule has 0 saturated carbocycles. The molecular formula is C60H88N8O4. The van der Waals surface area contributed by atoms with Gasteiger partial charge in [0.2, 0.25) is 0 Å². The highest BCUT2D eigenvalue weighted by atomic mass is 16.2. The van der Waals surface area contributed by atoms with Crippen LogP contribution in [0.3, 0.4) is 0 Å². The summed E-state index contributed by atoms with van der Waals surface area (Å²) >= 11 is 0. The van der Waals surface area contributed by atoms with Gasteiger partial charge in [-0.05, 0) is 146 Å². The second kappa shape index (κ2) is 32.8. The smallest absolute Gasteiger partial charge is 0.308 e. The number of hydrogen-bond donors (Lipinski definition) is 8. The fraction of sp³-hybridized carbons (Fsp3) is 0.533. The number of amides is 8. The number of carbonyl (C=O) groups excluding carboxylic acids is 4. The summed E-state index contributed by atoms with van der Waals surface area (Å²) < 4.78 is 0. The van der Waals surface area contributed by atoms with Crippen LogP contribution < -0.4 is 42.5 Å². The molecule has 72 heavy (non-hydrogen) atoms. The number of anilines is 8. The molecule has 4 aromatic carbocycles. The topological polar surface area (TPSA) is 165 Å². The van der Waals surface area contributed by atoms with E-state index in [1.807, 2.05) is 48.5 Å². The molecule has 0 unspecified atom stereocenters. The van der Waals surface area contributed by atoms with Gasteiger partial charge in [-0.1, -0.05) is 156 Å². The molecule has 1 aliphatic rings. The van der Waals surface area contributed by atoms with Crippen LogP contribution in [0.15, 0.2) is 72.8 Å². The Kier molecular flexibility index (Phi) is 25.9. The lowest BCUT2D eigenvalue weighted by Gasteiger charge is -2.17. The van der Waals surface area contributed by atoms with Crippen molar-refractivity contribution in [1.82, 2.24) is 0 Å². The second-order valence-electron chi connectivity index (χ2n) is 20.1. The number of aryl methyl sites for hydroxylation is 4. The Morgan fingerprint density at radius 1 is 0.222 bits per heavy atom. The molecule has 12 heteroatoms. The molecule has 8 bridgehead atoms. The molecule has 0 aromatic heterocycles. The van der Waals surface area contributed by atoms with Crippen molar-refractivity contribution < 1.29 is 19.2 Å². The average molecular weight is 985 g/mol.